The van der Waals surface area contributed by atoms with Crippen LogP contribution in [0.4, 0.5) is 0 Å². The number of benzene rings is 1. The molecule has 0 aliphatic carbocycles. The third-order valence-corrected chi connectivity index (χ3v) is 5.96. The maximum absolute atomic E-state index is 13.3. The lowest BCUT2D eigenvalue weighted by atomic mass is 9.84. The van der Waals surface area contributed by atoms with E-state index in [-0.39, 0.29) is 41.6 Å². The predicted molar refractivity (Wildman–Crippen MR) is 129 cm³/mol. The summed E-state index contributed by atoms with van der Waals surface area (Å²) in [5, 5.41) is 29.3. The van der Waals surface area contributed by atoms with Gasteiger partial charge in [0.2, 0.25) is 5.62 Å². The Morgan fingerprint density at radius 2 is 1.82 bits per heavy atom. The third-order valence-electron chi connectivity index (χ3n) is 5.96. The van der Waals surface area contributed by atoms with Crippen molar-refractivity contribution < 1.29 is 14.7 Å². The molecule has 34 heavy (non-hydrogen) atoms. The number of carbonyl (C=O) groups excluding carboxylic acids is 2. The number of carbonyl (C=O) groups is 2. The highest BCUT2D eigenvalue weighted by molar-refractivity contribution is 5.96. The fourth-order valence-electron chi connectivity index (χ4n) is 3.77. The Morgan fingerprint density at radius 3 is 2.44 bits per heavy atom. The van der Waals surface area contributed by atoms with Crippen molar-refractivity contribution >= 4 is 17.3 Å². The Morgan fingerprint density at radius 1 is 1.12 bits per heavy atom. The number of aliphatic hydroxyl groups is 1. The van der Waals surface area contributed by atoms with Gasteiger partial charge in [0.05, 0.1) is 0 Å². The molecule has 2 aromatic heterocycles. The molecule has 0 atom stereocenters. The van der Waals surface area contributed by atoms with Gasteiger partial charge in [0.1, 0.15) is 6.54 Å². The average Bonchev–Trinajstić information content (AvgIpc) is 3.09. The van der Waals surface area contributed by atoms with E-state index in [1.165, 1.54) is 9.20 Å². The zero-order chi connectivity index (χ0) is 25.2. The largest absolute Gasteiger partial charge is 0.396 e. The Labute approximate surface area is 199 Å². The molecular weight excluding hydrogens is 432 g/mol. The van der Waals surface area contributed by atoms with E-state index in [4.69, 9.17) is 5.41 Å². The number of aromatic nitrogens is 4. The summed E-state index contributed by atoms with van der Waals surface area (Å²) >= 11 is 0. The summed E-state index contributed by atoms with van der Waals surface area (Å²) in [4.78, 5) is 25.7. The zero-order valence-electron chi connectivity index (χ0n) is 20.8. The molecule has 0 saturated heterocycles. The smallest absolute Gasteiger partial charge is 0.272 e. The second kappa shape index (κ2) is 9.89. The monoisotopic (exact) mass is 466 g/mol. The minimum absolute atomic E-state index is 0.0792. The van der Waals surface area contributed by atoms with Gasteiger partial charge in [0, 0.05) is 24.3 Å². The van der Waals surface area contributed by atoms with Crippen LogP contribution in [0.1, 0.15) is 77.2 Å². The predicted octanol–water partition coefficient (Wildman–Crippen LogP) is 2.48. The summed E-state index contributed by atoms with van der Waals surface area (Å²) in [5.41, 5.74) is 4.46. The third kappa shape index (κ3) is 5.09. The Balaban J connectivity index is 2.02. The van der Waals surface area contributed by atoms with E-state index < -0.39 is 0 Å². The molecule has 0 spiro atoms. The van der Waals surface area contributed by atoms with E-state index in [1.54, 1.807) is 6.92 Å². The number of Topliss-reactive ketones (excluding diaryl/α,β-unsaturated/α-hetero) is 1. The number of nitrogens with zero attached hydrogens (tertiary/aromatic N) is 4. The highest BCUT2D eigenvalue weighted by atomic mass is 16.3. The summed E-state index contributed by atoms with van der Waals surface area (Å²) in [7, 11) is 0. The molecule has 182 valence electrons. The molecule has 1 amide bonds. The quantitative estimate of drug-likeness (QED) is 0.440. The number of aryl methyl sites for hydroxylation is 2. The van der Waals surface area contributed by atoms with Gasteiger partial charge in [0.15, 0.2) is 17.1 Å². The van der Waals surface area contributed by atoms with Gasteiger partial charge in [-0.25, -0.2) is 4.68 Å². The van der Waals surface area contributed by atoms with Crippen molar-refractivity contribution in [1.29, 1.82) is 5.41 Å². The van der Waals surface area contributed by atoms with Crippen molar-refractivity contribution in [3.63, 3.8) is 0 Å². The fourth-order valence-corrected chi connectivity index (χ4v) is 3.77. The molecule has 3 aromatic rings. The standard InChI is InChI=1S/C25H34N6O3/c1-7-27-23(34)21-15(2)16(3)22-29-30(24(26)31(22)28-21)14-20(33)18-11-17(9-8-10-32)12-19(13-18)25(4,5)6/h11-13,26,32H,7-10,14H2,1-6H3,(H,27,34). The van der Waals surface area contributed by atoms with Crippen molar-refractivity contribution in [2.45, 2.75) is 66.3 Å². The second-order valence-electron chi connectivity index (χ2n) is 9.59. The molecule has 9 heteroatoms. The first-order chi connectivity index (χ1) is 16.0. The number of rotatable bonds is 8. The van der Waals surface area contributed by atoms with Crippen molar-refractivity contribution in [3.05, 3.63) is 57.3 Å². The van der Waals surface area contributed by atoms with Crippen LogP contribution in [0.5, 0.6) is 0 Å². The summed E-state index contributed by atoms with van der Waals surface area (Å²) in [6.07, 6.45) is 1.30. The molecule has 2 heterocycles. The van der Waals surface area contributed by atoms with Crippen LogP contribution in [0.25, 0.3) is 5.65 Å². The normalized spacial score (nSPS) is 11.7. The van der Waals surface area contributed by atoms with E-state index in [1.807, 2.05) is 26.0 Å². The van der Waals surface area contributed by atoms with E-state index in [0.29, 0.717) is 36.2 Å². The van der Waals surface area contributed by atoms with Gasteiger partial charge in [-0.2, -0.15) is 9.61 Å². The Kier molecular flexibility index (Phi) is 7.35. The molecule has 1 aromatic carbocycles. The lowest BCUT2D eigenvalue weighted by Gasteiger charge is -2.21. The lowest BCUT2D eigenvalue weighted by Crippen LogP contribution is -2.29. The van der Waals surface area contributed by atoms with Gasteiger partial charge in [-0.05, 0) is 67.9 Å². The van der Waals surface area contributed by atoms with Gasteiger partial charge >= 0.3 is 0 Å². The minimum atomic E-state index is -0.310. The number of ketones is 1. The van der Waals surface area contributed by atoms with Crippen LogP contribution in [0.3, 0.4) is 0 Å². The van der Waals surface area contributed by atoms with Crippen LogP contribution in [0, 0.1) is 19.3 Å². The number of fused-ring (bicyclic) bond motifs is 1. The minimum Gasteiger partial charge on any atom is -0.396 e. The number of aliphatic hydroxyl groups excluding tert-OH is 1. The molecule has 0 unspecified atom stereocenters. The topological polar surface area (TPSA) is 125 Å². The number of hydrogen-bond donors (Lipinski definition) is 3. The summed E-state index contributed by atoms with van der Waals surface area (Å²) < 4.78 is 2.62. The highest BCUT2D eigenvalue weighted by Crippen LogP contribution is 2.25. The van der Waals surface area contributed by atoms with Crippen LogP contribution in [0.15, 0.2) is 18.2 Å². The second-order valence-corrected chi connectivity index (χ2v) is 9.59. The molecule has 0 bridgehead atoms. The Bertz CT molecular complexity index is 1300. The van der Waals surface area contributed by atoms with Crippen molar-refractivity contribution in [2.75, 3.05) is 13.2 Å². The highest BCUT2D eigenvalue weighted by Gasteiger charge is 2.21. The average molecular weight is 467 g/mol. The van der Waals surface area contributed by atoms with Crippen molar-refractivity contribution in [1.82, 2.24) is 24.7 Å². The first kappa shape index (κ1) is 25.3. The van der Waals surface area contributed by atoms with E-state index in [0.717, 1.165) is 16.7 Å². The maximum Gasteiger partial charge on any atom is 0.272 e. The van der Waals surface area contributed by atoms with Gasteiger partial charge < -0.3 is 10.4 Å². The molecule has 0 aliphatic heterocycles. The van der Waals surface area contributed by atoms with Crippen LogP contribution in [-0.2, 0) is 18.4 Å². The van der Waals surface area contributed by atoms with Gasteiger partial charge in [-0.15, -0.1) is 5.10 Å². The zero-order valence-corrected chi connectivity index (χ0v) is 20.8. The number of nitrogens with one attached hydrogen (secondary N) is 2. The van der Waals surface area contributed by atoms with E-state index in [9.17, 15) is 14.7 Å². The van der Waals surface area contributed by atoms with Gasteiger partial charge in [-0.1, -0.05) is 26.8 Å². The lowest BCUT2D eigenvalue weighted by molar-refractivity contribution is 0.0944. The maximum atomic E-state index is 13.3. The molecule has 3 rings (SSSR count). The number of amides is 1. The van der Waals surface area contributed by atoms with Crippen LogP contribution >= 0.6 is 0 Å². The molecule has 0 saturated carbocycles. The Hall–Kier alpha value is -3.33. The first-order valence-electron chi connectivity index (χ1n) is 11.6. The van der Waals surface area contributed by atoms with E-state index in [2.05, 4.69) is 42.4 Å². The fraction of sp³-hybridized carbons (Fsp3) is 0.480. The number of hydrogen-bond acceptors (Lipinski definition) is 6. The molecule has 0 radical (unpaired) electrons. The van der Waals surface area contributed by atoms with Crippen molar-refractivity contribution in [3.8, 4) is 0 Å². The first-order valence-corrected chi connectivity index (χ1v) is 11.6. The van der Waals surface area contributed by atoms with Crippen LogP contribution in [-0.4, -0.2) is 49.3 Å². The summed E-state index contributed by atoms with van der Waals surface area (Å²) in [5.74, 6) is -0.480. The van der Waals surface area contributed by atoms with E-state index >= 15 is 0 Å². The molecular formula is C25H34N6O3. The van der Waals surface area contributed by atoms with Crippen LogP contribution < -0.4 is 10.9 Å². The summed E-state index contributed by atoms with van der Waals surface area (Å²) in [6, 6.07) is 5.83. The molecule has 0 aliphatic rings. The van der Waals surface area contributed by atoms with Crippen LogP contribution in [0.2, 0.25) is 0 Å². The molecule has 9 nitrogen and oxygen atoms in total. The SMILES string of the molecule is CCNC(=O)c1nn2c(=N)n(CC(=O)c3cc(CCCO)cc(C(C)(C)C)c3)nc2c(C)c1C. The molecule has 0 fully saturated rings. The van der Waals surface area contributed by atoms with Gasteiger partial charge in [0.25, 0.3) is 5.91 Å². The summed E-state index contributed by atoms with van der Waals surface area (Å²) in [6.45, 7) is 12.2. The van der Waals surface area contributed by atoms with Gasteiger partial charge in [-0.3, -0.25) is 15.0 Å². The molecule has 3 N–H and O–H groups in total. The van der Waals surface area contributed by atoms with Crippen molar-refractivity contribution in [2.24, 2.45) is 0 Å².